The quantitative estimate of drug-likeness (QED) is 0.900. The van der Waals surface area contributed by atoms with E-state index in [0.717, 1.165) is 31.6 Å². The second kappa shape index (κ2) is 5.24. The number of aromatic nitrogens is 1. The molecule has 0 radical (unpaired) electrons. The van der Waals surface area contributed by atoms with E-state index in [1.807, 2.05) is 23.2 Å². The van der Waals surface area contributed by atoms with Crippen LogP contribution in [-0.4, -0.2) is 34.5 Å². The van der Waals surface area contributed by atoms with Gasteiger partial charge in [-0.15, -0.1) is 0 Å². The van der Waals surface area contributed by atoms with E-state index in [1.165, 1.54) is 6.42 Å². The van der Waals surface area contributed by atoms with Crippen molar-refractivity contribution in [1.82, 2.24) is 9.47 Å². The summed E-state index contributed by atoms with van der Waals surface area (Å²) in [5, 5.41) is 0. The minimum absolute atomic E-state index is 0.187. The van der Waals surface area contributed by atoms with Gasteiger partial charge in [0.15, 0.2) is 0 Å². The summed E-state index contributed by atoms with van der Waals surface area (Å²) >= 11 is 0. The molecule has 0 spiro atoms. The van der Waals surface area contributed by atoms with Gasteiger partial charge in [0, 0.05) is 31.4 Å². The van der Waals surface area contributed by atoms with Gasteiger partial charge in [-0.3, -0.25) is 4.79 Å². The fourth-order valence-corrected chi connectivity index (χ4v) is 3.82. The Balaban J connectivity index is 1.74. The highest BCUT2D eigenvalue weighted by Gasteiger charge is 2.39. The van der Waals surface area contributed by atoms with Crippen LogP contribution >= 0.6 is 0 Å². The SMILES string of the molecule is CC(C)n1cccc1C(=O)N1C[C@H]2CCC(N)C[C@H]2C1. The highest BCUT2D eigenvalue weighted by molar-refractivity contribution is 5.93. The molecule has 3 rings (SSSR count). The largest absolute Gasteiger partial charge is 0.341 e. The molecule has 1 saturated carbocycles. The Morgan fingerprint density at radius 3 is 2.80 bits per heavy atom. The van der Waals surface area contributed by atoms with Crippen molar-refractivity contribution in [3.05, 3.63) is 24.0 Å². The van der Waals surface area contributed by atoms with Crippen molar-refractivity contribution in [2.24, 2.45) is 17.6 Å². The third kappa shape index (κ3) is 2.37. The van der Waals surface area contributed by atoms with Crippen LogP contribution in [0.1, 0.15) is 49.6 Å². The molecular formula is C16H25N3O. The zero-order valence-corrected chi connectivity index (χ0v) is 12.5. The van der Waals surface area contributed by atoms with Gasteiger partial charge in [0.25, 0.3) is 5.91 Å². The average molecular weight is 275 g/mol. The lowest BCUT2D eigenvalue weighted by atomic mass is 9.79. The summed E-state index contributed by atoms with van der Waals surface area (Å²) in [7, 11) is 0. The Kier molecular flexibility index (Phi) is 3.59. The lowest BCUT2D eigenvalue weighted by Gasteiger charge is -2.27. The summed E-state index contributed by atoms with van der Waals surface area (Å²) in [5.74, 6) is 1.47. The maximum atomic E-state index is 12.7. The van der Waals surface area contributed by atoms with Crippen LogP contribution in [0.25, 0.3) is 0 Å². The third-order valence-corrected chi connectivity index (χ3v) is 4.93. The third-order valence-electron chi connectivity index (χ3n) is 4.93. The topological polar surface area (TPSA) is 51.3 Å². The predicted octanol–water partition coefficient (Wildman–Crippen LogP) is 2.27. The molecule has 2 heterocycles. The summed E-state index contributed by atoms with van der Waals surface area (Å²) in [6.45, 7) is 6.03. The van der Waals surface area contributed by atoms with Crippen molar-refractivity contribution < 1.29 is 4.79 Å². The van der Waals surface area contributed by atoms with E-state index < -0.39 is 0 Å². The van der Waals surface area contributed by atoms with Crippen molar-refractivity contribution >= 4 is 5.91 Å². The van der Waals surface area contributed by atoms with Gasteiger partial charge in [-0.2, -0.15) is 0 Å². The van der Waals surface area contributed by atoms with Gasteiger partial charge in [0.1, 0.15) is 5.69 Å². The van der Waals surface area contributed by atoms with Gasteiger partial charge in [0.05, 0.1) is 0 Å². The van der Waals surface area contributed by atoms with Crippen molar-refractivity contribution in [3.8, 4) is 0 Å². The van der Waals surface area contributed by atoms with Crippen molar-refractivity contribution in [2.45, 2.75) is 45.2 Å². The molecule has 0 bridgehead atoms. The van der Waals surface area contributed by atoms with Crippen molar-refractivity contribution in [3.63, 3.8) is 0 Å². The van der Waals surface area contributed by atoms with Crippen LogP contribution in [0, 0.1) is 11.8 Å². The second-order valence-electron chi connectivity index (χ2n) is 6.70. The van der Waals surface area contributed by atoms with Crippen LogP contribution in [0.3, 0.4) is 0 Å². The van der Waals surface area contributed by atoms with Crippen LogP contribution in [0.15, 0.2) is 18.3 Å². The maximum Gasteiger partial charge on any atom is 0.270 e. The Labute approximate surface area is 120 Å². The van der Waals surface area contributed by atoms with Crippen molar-refractivity contribution in [1.29, 1.82) is 0 Å². The molecule has 1 aliphatic heterocycles. The van der Waals surface area contributed by atoms with Gasteiger partial charge in [-0.25, -0.2) is 0 Å². The highest BCUT2D eigenvalue weighted by atomic mass is 16.2. The number of amides is 1. The van der Waals surface area contributed by atoms with E-state index in [0.29, 0.717) is 23.9 Å². The summed E-state index contributed by atoms with van der Waals surface area (Å²) in [4.78, 5) is 14.8. The van der Waals surface area contributed by atoms with Crippen LogP contribution in [0.4, 0.5) is 0 Å². The molecule has 1 amide bonds. The van der Waals surface area contributed by atoms with Gasteiger partial charge in [0.2, 0.25) is 0 Å². The molecule has 1 aromatic rings. The standard InChI is InChI=1S/C16H25N3O/c1-11(2)19-7-3-4-15(19)16(20)18-9-12-5-6-14(17)8-13(12)10-18/h3-4,7,11-14H,5-6,8-10,17H2,1-2H3/t12-,13+,14?/m1/s1. The maximum absolute atomic E-state index is 12.7. The molecule has 2 N–H and O–H groups in total. The predicted molar refractivity (Wildman–Crippen MR) is 79.5 cm³/mol. The fraction of sp³-hybridized carbons (Fsp3) is 0.688. The molecule has 4 nitrogen and oxygen atoms in total. The van der Waals surface area contributed by atoms with Gasteiger partial charge in [-0.1, -0.05) is 0 Å². The number of carbonyl (C=O) groups excluding carboxylic acids is 1. The molecule has 0 aromatic carbocycles. The van der Waals surface area contributed by atoms with Crippen LogP contribution in [0.5, 0.6) is 0 Å². The lowest BCUT2D eigenvalue weighted by molar-refractivity contribution is 0.0771. The molecule has 1 aliphatic carbocycles. The molecule has 2 aliphatic rings. The van der Waals surface area contributed by atoms with E-state index >= 15 is 0 Å². The Morgan fingerprint density at radius 1 is 1.30 bits per heavy atom. The summed E-state index contributed by atoms with van der Waals surface area (Å²) < 4.78 is 2.07. The first kappa shape index (κ1) is 13.7. The Morgan fingerprint density at radius 2 is 2.05 bits per heavy atom. The number of nitrogens with zero attached hydrogens (tertiary/aromatic N) is 2. The molecule has 1 saturated heterocycles. The first-order chi connectivity index (χ1) is 9.56. The zero-order valence-electron chi connectivity index (χ0n) is 12.5. The number of nitrogens with two attached hydrogens (primary N) is 1. The normalized spacial score (nSPS) is 29.8. The number of rotatable bonds is 2. The second-order valence-corrected chi connectivity index (χ2v) is 6.70. The van der Waals surface area contributed by atoms with Crippen LogP contribution in [-0.2, 0) is 0 Å². The summed E-state index contributed by atoms with van der Waals surface area (Å²) in [6, 6.07) is 4.57. The van der Waals surface area contributed by atoms with Crippen molar-refractivity contribution in [2.75, 3.05) is 13.1 Å². The number of hydrogen-bond acceptors (Lipinski definition) is 2. The molecule has 4 heteroatoms. The Hall–Kier alpha value is -1.29. The first-order valence-electron chi connectivity index (χ1n) is 7.78. The van der Waals surface area contributed by atoms with Crippen LogP contribution in [0.2, 0.25) is 0 Å². The van der Waals surface area contributed by atoms with Crippen LogP contribution < -0.4 is 5.73 Å². The van der Waals surface area contributed by atoms with E-state index in [9.17, 15) is 4.79 Å². The van der Waals surface area contributed by atoms with E-state index in [-0.39, 0.29) is 5.91 Å². The van der Waals surface area contributed by atoms with E-state index in [2.05, 4.69) is 18.4 Å². The zero-order chi connectivity index (χ0) is 14.3. The summed E-state index contributed by atoms with van der Waals surface area (Å²) in [6.07, 6.45) is 5.38. The number of fused-ring (bicyclic) bond motifs is 1. The monoisotopic (exact) mass is 275 g/mol. The van der Waals surface area contributed by atoms with Gasteiger partial charge < -0.3 is 15.2 Å². The number of carbonyl (C=O) groups is 1. The number of likely N-dealkylation sites (tertiary alicyclic amines) is 1. The minimum atomic E-state index is 0.187. The molecule has 1 unspecified atom stereocenters. The smallest absolute Gasteiger partial charge is 0.270 e. The van der Waals surface area contributed by atoms with E-state index in [4.69, 9.17) is 5.73 Å². The molecule has 1 aromatic heterocycles. The van der Waals surface area contributed by atoms with Gasteiger partial charge >= 0.3 is 0 Å². The fourth-order valence-electron chi connectivity index (χ4n) is 3.82. The molecule has 3 atom stereocenters. The highest BCUT2D eigenvalue weighted by Crippen LogP contribution is 2.36. The summed E-state index contributed by atoms with van der Waals surface area (Å²) in [5.41, 5.74) is 6.89. The lowest BCUT2D eigenvalue weighted by Crippen LogP contribution is -2.32. The Bertz CT molecular complexity index is 494. The van der Waals surface area contributed by atoms with Gasteiger partial charge in [-0.05, 0) is 57.1 Å². The molecule has 2 fully saturated rings. The number of hydrogen-bond donors (Lipinski definition) is 1. The molecule has 20 heavy (non-hydrogen) atoms. The minimum Gasteiger partial charge on any atom is -0.341 e. The average Bonchev–Trinajstić information content (AvgIpc) is 3.03. The van der Waals surface area contributed by atoms with E-state index in [1.54, 1.807) is 0 Å². The first-order valence-corrected chi connectivity index (χ1v) is 7.78. The molecule has 110 valence electrons. The molecular weight excluding hydrogens is 250 g/mol.